The highest BCUT2D eigenvalue weighted by Gasteiger charge is 2.37. The number of nitrogens with zero attached hydrogens (tertiary/aromatic N) is 2. The molecule has 1 aromatic heterocycles. The second-order valence-electron chi connectivity index (χ2n) is 8.91. The standard InChI is InChI=1S/C26H29N3O2/c1-2-28(16-18-12-14-29(17-18)26(31)21-7-8-21)25(30)20-5-3-19(4-6-20)22-9-10-24-23(15-22)11-13-27-24/h3-6,9-11,13,15,18,21,27H,2,7-8,12,14,16-17H2,1H3/t18-/m0/s1. The van der Waals surface area contributed by atoms with E-state index in [0.717, 1.165) is 61.1 Å². The van der Waals surface area contributed by atoms with Gasteiger partial charge in [0.2, 0.25) is 5.91 Å². The van der Waals surface area contributed by atoms with E-state index in [2.05, 4.69) is 29.2 Å². The van der Waals surface area contributed by atoms with E-state index in [-0.39, 0.29) is 11.8 Å². The van der Waals surface area contributed by atoms with Crippen molar-refractivity contribution in [1.29, 1.82) is 0 Å². The normalized spacial score (nSPS) is 18.5. The number of H-pyrrole nitrogens is 1. The van der Waals surface area contributed by atoms with Crippen LogP contribution in [0.4, 0.5) is 0 Å². The summed E-state index contributed by atoms with van der Waals surface area (Å²) in [5.74, 6) is 1.05. The highest BCUT2D eigenvalue weighted by atomic mass is 16.2. The van der Waals surface area contributed by atoms with E-state index < -0.39 is 0 Å². The number of carbonyl (C=O) groups excluding carboxylic acids is 2. The van der Waals surface area contributed by atoms with Crippen LogP contribution in [0.3, 0.4) is 0 Å². The minimum Gasteiger partial charge on any atom is -0.361 e. The maximum absolute atomic E-state index is 13.1. The molecule has 160 valence electrons. The molecule has 2 amide bonds. The number of likely N-dealkylation sites (tertiary alicyclic amines) is 1. The Morgan fingerprint density at radius 1 is 1.03 bits per heavy atom. The maximum atomic E-state index is 13.1. The van der Waals surface area contributed by atoms with Crippen LogP contribution in [0.15, 0.2) is 54.7 Å². The SMILES string of the molecule is CCN(C[C@@H]1CCN(C(=O)C2CC2)C1)C(=O)c1ccc(-c2ccc3[nH]ccc3c2)cc1. The first-order valence-corrected chi connectivity index (χ1v) is 11.4. The molecule has 1 aliphatic heterocycles. The van der Waals surface area contributed by atoms with Crippen LogP contribution in [0.1, 0.15) is 36.5 Å². The quantitative estimate of drug-likeness (QED) is 0.642. The summed E-state index contributed by atoms with van der Waals surface area (Å²) in [7, 11) is 0. The van der Waals surface area contributed by atoms with Crippen molar-refractivity contribution < 1.29 is 9.59 Å². The number of amides is 2. The van der Waals surface area contributed by atoms with Gasteiger partial charge >= 0.3 is 0 Å². The number of nitrogens with one attached hydrogen (secondary N) is 1. The van der Waals surface area contributed by atoms with Crippen LogP contribution in [-0.2, 0) is 4.79 Å². The number of fused-ring (bicyclic) bond motifs is 1. The largest absolute Gasteiger partial charge is 0.361 e. The van der Waals surface area contributed by atoms with Crippen molar-refractivity contribution in [1.82, 2.24) is 14.8 Å². The van der Waals surface area contributed by atoms with E-state index in [1.165, 1.54) is 5.39 Å². The number of hydrogen-bond acceptors (Lipinski definition) is 2. The zero-order valence-electron chi connectivity index (χ0n) is 18.0. The van der Waals surface area contributed by atoms with Crippen molar-refractivity contribution in [3.05, 3.63) is 60.3 Å². The van der Waals surface area contributed by atoms with Crippen LogP contribution in [-0.4, -0.2) is 52.8 Å². The van der Waals surface area contributed by atoms with Crippen molar-refractivity contribution in [2.75, 3.05) is 26.2 Å². The fourth-order valence-electron chi connectivity index (χ4n) is 4.66. The second-order valence-corrected chi connectivity index (χ2v) is 8.91. The molecule has 31 heavy (non-hydrogen) atoms. The van der Waals surface area contributed by atoms with Gasteiger partial charge in [0.25, 0.3) is 5.91 Å². The number of hydrogen-bond donors (Lipinski definition) is 1. The molecule has 0 spiro atoms. The summed E-state index contributed by atoms with van der Waals surface area (Å²) in [6, 6.07) is 16.3. The van der Waals surface area contributed by atoms with Crippen LogP contribution >= 0.6 is 0 Å². The molecule has 2 fully saturated rings. The Labute approximate surface area is 183 Å². The van der Waals surface area contributed by atoms with Gasteiger partial charge in [0.1, 0.15) is 0 Å². The molecular weight excluding hydrogens is 386 g/mol. The van der Waals surface area contributed by atoms with Gasteiger partial charge in [-0.25, -0.2) is 0 Å². The van der Waals surface area contributed by atoms with Gasteiger partial charge in [-0.3, -0.25) is 9.59 Å². The van der Waals surface area contributed by atoms with Crippen molar-refractivity contribution >= 4 is 22.7 Å². The average molecular weight is 416 g/mol. The molecule has 0 bridgehead atoms. The summed E-state index contributed by atoms with van der Waals surface area (Å²) in [4.78, 5) is 32.6. The molecule has 1 N–H and O–H groups in total. The lowest BCUT2D eigenvalue weighted by Gasteiger charge is -2.25. The molecule has 3 aromatic rings. The first-order chi connectivity index (χ1) is 15.1. The van der Waals surface area contributed by atoms with E-state index in [0.29, 0.717) is 18.4 Å². The first kappa shape index (κ1) is 19.9. The van der Waals surface area contributed by atoms with Gasteiger partial charge in [0.15, 0.2) is 0 Å². The highest BCUT2D eigenvalue weighted by molar-refractivity contribution is 5.95. The van der Waals surface area contributed by atoms with Crippen LogP contribution < -0.4 is 0 Å². The fraction of sp³-hybridized carbons (Fsp3) is 0.385. The zero-order chi connectivity index (χ0) is 21.4. The Morgan fingerprint density at radius 3 is 2.55 bits per heavy atom. The molecule has 5 nitrogen and oxygen atoms in total. The van der Waals surface area contributed by atoms with E-state index in [1.54, 1.807) is 0 Å². The molecule has 2 aliphatic rings. The van der Waals surface area contributed by atoms with Gasteiger partial charge in [-0.2, -0.15) is 0 Å². The minimum atomic E-state index is 0.0714. The smallest absolute Gasteiger partial charge is 0.253 e. The van der Waals surface area contributed by atoms with Crippen LogP contribution in [0.25, 0.3) is 22.0 Å². The van der Waals surface area contributed by atoms with Crippen molar-refractivity contribution in [2.24, 2.45) is 11.8 Å². The van der Waals surface area contributed by atoms with E-state index in [9.17, 15) is 9.59 Å². The zero-order valence-corrected chi connectivity index (χ0v) is 18.0. The third-order valence-corrected chi connectivity index (χ3v) is 6.69. The lowest BCUT2D eigenvalue weighted by atomic mass is 10.0. The van der Waals surface area contributed by atoms with Crippen LogP contribution in [0.2, 0.25) is 0 Å². The van der Waals surface area contributed by atoms with Crippen molar-refractivity contribution in [3.63, 3.8) is 0 Å². The topological polar surface area (TPSA) is 56.4 Å². The lowest BCUT2D eigenvalue weighted by molar-refractivity contribution is -0.131. The van der Waals surface area contributed by atoms with Gasteiger partial charge in [-0.1, -0.05) is 18.2 Å². The van der Waals surface area contributed by atoms with Gasteiger partial charge in [-0.05, 0) is 78.9 Å². The predicted molar refractivity (Wildman–Crippen MR) is 123 cm³/mol. The molecule has 2 aromatic carbocycles. The lowest BCUT2D eigenvalue weighted by Crippen LogP contribution is -2.37. The molecule has 5 rings (SSSR count). The molecule has 1 atom stereocenters. The Hall–Kier alpha value is -3.08. The molecule has 2 heterocycles. The second kappa shape index (κ2) is 8.22. The summed E-state index contributed by atoms with van der Waals surface area (Å²) in [5.41, 5.74) is 4.09. The van der Waals surface area contributed by atoms with E-state index in [1.807, 2.05) is 47.2 Å². The molecule has 0 radical (unpaired) electrons. The minimum absolute atomic E-state index is 0.0714. The third kappa shape index (κ3) is 4.09. The summed E-state index contributed by atoms with van der Waals surface area (Å²) < 4.78 is 0. The van der Waals surface area contributed by atoms with Gasteiger partial charge < -0.3 is 14.8 Å². The number of rotatable bonds is 6. The Bertz CT molecular complexity index is 1100. The Kier molecular flexibility index (Phi) is 5.26. The number of carbonyl (C=O) groups is 2. The summed E-state index contributed by atoms with van der Waals surface area (Å²) >= 11 is 0. The van der Waals surface area contributed by atoms with Gasteiger partial charge in [0.05, 0.1) is 0 Å². The predicted octanol–water partition coefficient (Wildman–Crippen LogP) is 4.56. The number of aromatic amines is 1. The highest BCUT2D eigenvalue weighted by Crippen LogP contribution is 2.33. The summed E-state index contributed by atoms with van der Waals surface area (Å²) in [6.45, 7) is 5.06. The Balaban J connectivity index is 1.24. The number of aromatic nitrogens is 1. The van der Waals surface area contributed by atoms with Gasteiger partial charge in [-0.15, -0.1) is 0 Å². The summed E-state index contributed by atoms with van der Waals surface area (Å²) in [6.07, 6.45) is 5.03. The molecular formula is C26H29N3O2. The maximum Gasteiger partial charge on any atom is 0.253 e. The van der Waals surface area contributed by atoms with E-state index in [4.69, 9.17) is 0 Å². The third-order valence-electron chi connectivity index (χ3n) is 6.69. The molecule has 5 heteroatoms. The number of benzene rings is 2. The molecule has 1 saturated heterocycles. The molecule has 1 saturated carbocycles. The Morgan fingerprint density at radius 2 is 1.81 bits per heavy atom. The van der Waals surface area contributed by atoms with Crippen molar-refractivity contribution in [2.45, 2.75) is 26.2 Å². The first-order valence-electron chi connectivity index (χ1n) is 11.4. The average Bonchev–Trinajstić information content (AvgIpc) is 3.37. The summed E-state index contributed by atoms with van der Waals surface area (Å²) in [5, 5.41) is 1.18. The van der Waals surface area contributed by atoms with E-state index >= 15 is 0 Å². The van der Waals surface area contributed by atoms with Crippen LogP contribution in [0, 0.1) is 11.8 Å². The molecule has 0 unspecified atom stereocenters. The monoisotopic (exact) mass is 415 g/mol. The van der Waals surface area contributed by atoms with Gasteiger partial charge in [0, 0.05) is 49.4 Å². The van der Waals surface area contributed by atoms with Crippen molar-refractivity contribution in [3.8, 4) is 11.1 Å². The fourth-order valence-corrected chi connectivity index (χ4v) is 4.66. The van der Waals surface area contributed by atoms with Crippen LogP contribution in [0.5, 0.6) is 0 Å². The molecule has 1 aliphatic carbocycles.